The molecule has 4 aromatic rings. The molecule has 0 saturated carbocycles. The summed E-state index contributed by atoms with van der Waals surface area (Å²) in [4.78, 5) is 24.1. The van der Waals surface area contributed by atoms with E-state index in [2.05, 4.69) is 11.1 Å². The highest BCUT2D eigenvalue weighted by Gasteiger charge is 2.33. The summed E-state index contributed by atoms with van der Waals surface area (Å²) < 4.78 is 23.1. The molecule has 40 heavy (non-hydrogen) atoms. The van der Waals surface area contributed by atoms with Crippen LogP contribution in [0.15, 0.2) is 72.6 Å². The van der Waals surface area contributed by atoms with E-state index in [4.69, 9.17) is 15.5 Å². The fraction of sp³-hybridized carbons (Fsp3) is 0.290. The topological polar surface area (TPSA) is 110 Å². The number of allylic oxidation sites excluding steroid dienone is 1. The molecule has 2 aromatic carbocycles. The lowest BCUT2D eigenvalue weighted by atomic mass is 9.93. The second-order valence-electron chi connectivity index (χ2n) is 11.0. The molecule has 8 nitrogen and oxygen atoms in total. The Labute approximate surface area is 232 Å². The number of nitriles is 1. The summed E-state index contributed by atoms with van der Waals surface area (Å²) in [5, 5.41) is 9.68. The molecule has 2 aromatic heterocycles. The highest BCUT2D eigenvalue weighted by molar-refractivity contribution is 5.97. The monoisotopic (exact) mass is 538 g/mol. The molecule has 9 heteroatoms. The second-order valence-corrected chi connectivity index (χ2v) is 11.0. The summed E-state index contributed by atoms with van der Waals surface area (Å²) in [6.45, 7) is 6.42. The van der Waals surface area contributed by atoms with E-state index in [1.54, 1.807) is 47.6 Å². The fourth-order valence-corrected chi connectivity index (χ4v) is 5.09. The lowest BCUT2D eigenvalue weighted by molar-refractivity contribution is -0.127. The lowest BCUT2D eigenvalue weighted by Gasteiger charge is -2.25. The van der Waals surface area contributed by atoms with E-state index in [0.717, 1.165) is 12.8 Å². The molecular formula is C31H31FN6O2. The van der Waals surface area contributed by atoms with Gasteiger partial charge in [-0.1, -0.05) is 45.0 Å². The third kappa shape index (κ3) is 5.52. The Kier molecular flexibility index (Phi) is 7.26. The summed E-state index contributed by atoms with van der Waals surface area (Å²) >= 11 is 0. The quantitative estimate of drug-likeness (QED) is 0.240. The maximum absolute atomic E-state index is 15.5. The number of aromatic nitrogens is 3. The molecular weight excluding hydrogens is 507 g/mol. The maximum atomic E-state index is 15.5. The molecule has 2 N–H and O–H groups in total. The molecule has 1 aliphatic rings. The molecule has 0 unspecified atom stereocenters. The minimum atomic E-state index is -0.508. The first-order valence-corrected chi connectivity index (χ1v) is 13.2. The SMILES string of the molecule is CC(C)(C)/C=C(\C#N)C(=O)N1CCC[C@H]1Cc1nc(-c2ccc(Oc3ccccc3)cc2F)c2c(N)nccn12. The number of imidazole rings is 1. The smallest absolute Gasteiger partial charge is 0.264 e. The van der Waals surface area contributed by atoms with Crippen LogP contribution in [0.25, 0.3) is 16.8 Å². The van der Waals surface area contributed by atoms with Crippen molar-refractivity contribution in [1.29, 1.82) is 5.26 Å². The number of nitrogens with two attached hydrogens (primary N) is 1. The molecule has 3 heterocycles. The number of halogens is 1. The number of nitrogens with zero attached hydrogens (tertiary/aromatic N) is 5. The highest BCUT2D eigenvalue weighted by Crippen LogP contribution is 2.34. The number of nitrogen functional groups attached to an aromatic ring is 1. The number of likely N-dealkylation sites (tertiary alicyclic amines) is 1. The number of ether oxygens (including phenoxy) is 1. The van der Waals surface area contributed by atoms with Crippen molar-refractivity contribution < 1.29 is 13.9 Å². The third-order valence-electron chi connectivity index (χ3n) is 6.82. The zero-order valence-corrected chi connectivity index (χ0v) is 22.8. The Balaban J connectivity index is 1.48. The lowest BCUT2D eigenvalue weighted by Crippen LogP contribution is -2.38. The van der Waals surface area contributed by atoms with Gasteiger partial charge in [-0.2, -0.15) is 5.26 Å². The van der Waals surface area contributed by atoms with Crippen LogP contribution in [-0.4, -0.2) is 37.8 Å². The second kappa shape index (κ2) is 10.8. The van der Waals surface area contributed by atoms with Crippen molar-refractivity contribution in [3.05, 3.63) is 84.2 Å². The summed E-state index contributed by atoms with van der Waals surface area (Å²) in [7, 11) is 0. The first-order chi connectivity index (χ1) is 19.1. The van der Waals surface area contributed by atoms with E-state index < -0.39 is 5.82 Å². The van der Waals surface area contributed by atoms with Crippen molar-refractivity contribution in [1.82, 2.24) is 19.3 Å². The van der Waals surface area contributed by atoms with Crippen LogP contribution in [0.2, 0.25) is 0 Å². The van der Waals surface area contributed by atoms with Gasteiger partial charge in [-0.15, -0.1) is 0 Å². The first-order valence-electron chi connectivity index (χ1n) is 13.2. The van der Waals surface area contributed by atoms with Crippen LogP contribution in [0.3, 0.4) is 0 Å². The van der Waals surface area contributed by atoms with Gasteiger partial charge >= 0.3 is 0 Å². The predicted molar refractivity (Wildman–Crippen MR) is 151 cm³/mol. The number of amides is 1. The Morgan fingerprint density at radius 2 is 2.00 bits per heavy atom. The minimum absolute atomic E-state index is 0.140. The fourth-order valence-electron chi connectivity index (χ4n) is 5.09. The van der Waals surface area contributed by atoms with Gasteiger partial charge < -0.3 is 15.4 Å². The van der Waals surface area contributed by atoms with E-state index in [9.17, 15) is 10.1 Å². The van der Waals surface area contributed by atoms with Crippen LogP contribution in [0.5, 0.6) is 11.5 Å². The number of fused-ring (bicyclic) bond motifs is 1. The summed E-state index contributed by atoms with van der Waals surface area (Å²) in [6, 6.07) is 15.7. The Morgan fingerprint density at radius 3 is 2.70 bits per heavy atom. The predicted octanol–water partition coefficient (Wildman–Crippen LogP) is 5.94. The molecule has 1 fully saturated rings. The molecule has 1 aliphatic heterocycles. The van der Waals surface area contributed by atoms with Crippen LogP contribution in [0, 0.1) is 22.6 Å². The largest absolute Gasteiger partial charge is 0.457 e. The van der Waals surface area contributed by atoms with Crippen LogP contribution < -0.4 is 10.5 Å². The van der Waals surface area contributed by atoms with Crippen molar-refractivity contribution >= 4 is 17.2 Å². The van der Waals surface area contributed by atoms with Gasteiger partial charge in [-0.3, -0.25) is 9.20 Å². The first kappa shape index (κ1) is 26.9. The zero-order valence-electron chi connectivity index (χ0n) is 22.8. The number of rotatable bonds is 6. The summed E-state index contributed by atoms with van der Waals surface area (Å²) in [6.07, 6.45) is 7.04. The van der Waals surface area contributed by atoms with Crippen LogP contribution >= 0.6 is 0 Å². The standard InChI is InChI=1S/C31H31FN6O2/c1-31(2,3)18-20(19-33)30(39)37-14-7-8-21(37)16-26-36-27(28-29(34)35-13-15-38(26)28)24-12-11-23(17-25(24)32)40-22-9-5-4-6-10-22/h4-6,9-13,15,17-18,21H,7-8,14,16H2,1-3H3,(H2,34,35)/b20-18+/t21-/m0/s1. The van der Waals surface area contributed by atoms with Gasteiger partial charge in [0.25, 0.3) is 5.91 Å². The van der Waals surface area contributed by atoms with E-state index in [0.29, 0.717) is 41.5 Å². The molecule has 0 aliphatic carbocycles. The normalized spacial score (nSPS) is 15.8. The molecule has 1 amide bonds. The molecule has 1 atom stereocenters. The summed E-state index contributed by atoms with van der Waals surface area (Å²) in [5.74, 6) is 1.03. The average Bonchev–Trinajstić information content (AvgIpc) is 3.53. The van der Waals surface area contributed by atoms with Crippen molar-refractivity contribution in [2.75, 3.05) is 12.3 Å². The van der Waals surface area contributed by atoms with E-state index >= 15 is 4.39 Å². The number of hydrogen-bond donors (Lipinski definition) is 1. The molecule has 204 valence electrons. The number of carbonyl (C=O) groups is 1. The van der Waals surface area contributed by atoms with E-state index in [1.165, 1.54) is 6.07 Å². The van der Waals surface area contributed by atoms with E-state index in [-0.39, 0.29) is 34.3 Å². The number of hydrogen-bond acceptors (Lipinski definition) is 6. The van der Waals surface area contributed by atoms with Crippen LogP contribution in [0.1, 0.15) is 39.4 Å². The van der Waals surface area contributed by atoms with Crippen LogP contribution in [0.4, 0.5) is 10.2 Å². The third-order valence-corrected chi connectivity index (χ3v) is 6.82. The molecule has 0 radical (unpaired) electrons. The van der Waals surface area contributed by atoms with Crippen molar-refractivity contribution in [2.24, 2.45) is 5.41 Å². The van der Waals surface area contributed by atoms with Gasteiger partial charge in [0, 0.05) is 43.0 Å². The molecule has 5 rings (SSSR count). The number of benzene rings is 2. The number of anilines is 1. The molecule has 0 spiro atoms. The van der Waals surface area contributed by atoms with Crippen molar-refractivity contribution in [3.63, 3.8) is 0 Å². The van der Waals surface area contributed by atoms with Gasteiger partial charge in [-0.25, -0.2) is 14.4 Å². The van der Waals surface area contributed by atoms with Gasteiger partial charge in [0.05, 0.1) is 0 Å². The van der Waals surface area contributed by atoms with Crippen LogP contribution in [-0.2, 0) is 11.2 Å². The van der Waals surface area contributed by atoms with E-state index in [1.807, 2.05) is 43.4 Å². The Hall–Kier alpha value is -4.71. The summed E-state index contributed by atoms with van der Waals surface area (Å²) in [5.41, 5.74) is 7.23. The van der Waals surface area contributed by atoms with Gasteiger partial charge in [-0.05, 0) is 42.5 Å². The van der Waals surface area contributed by atoms with Gasteiger partial charge in [0.1, 0.15) is 51.8 Å². The highest BCUT2D eigenvalue weighted by atomic mass is 19.1. The number of carbonyl (C=O) groups excluding carboxylic acids is 1. The Bertz CT molecular complexity index is 1630. The van der Waals surface area contributed by atoms with Gasteiger partial charge in [0.15, 0.2) is 0 Å². The molecule has 0 bridgehead atoms. The van der Waals surface area contributed by atoms with Crippen molar-refractivity contribution in [2.45, 2.75) is 46.1 Å². The number of para-hydroxylation sites is 1. The minimum Gasteiger partial charge on any atom is -0.457 e. The maximum Gasteiger partial charge on any atom is 0.264 e. The van der Waals surface area contributed by atoms with Gasteiger partial charge in [0.2, 0.25) is 0 Å². The molecule has 1 saturated heterocycles. The Morgan fingerprint density at radius 1 is 1.23 bits per heavy atom. The average molecular weight is 539 g/mol. The van der Waals surface area contributed by atoms with Crippen molar-refractivity contribution in [3.8, 4) is 28.8 Å². The zero-order chi connectivity index (χ0) is 28.4.